The van der Waals surface area contributed by atoms with E-state index >= 15 is 0 Å². The van der Waals surface area contributed by atoms with Gasteiger partial charge in [0.2, 0.25) is 5.91 Å². The van der Waals surface area contributed by atoms with Crippen LogP contribution in [0.3, 0.4) is 0 Å². The summed E-state index contributed by atoms with van der Waals surface area (Å²) in [6.45, 7) is 1.26. The van der Waals surface area contributed by atoms with Crippen molar-refractivity contribution in [3.05, 3.63) is 29.8 Å². The first-order chi connectivity index (χ1) is 9.22. The van der Waals surface area contributed by atoms with E-state index in [1.807, 2.05) is 24.3 Å². The molecule has 5 heteroatoms. The standard InChI is InChI=1S/C14H20N2O3/c1-18-11-5-3-10(4-6-11)8-16-14(17)13-7-12(19-2)9-15-13/h3-6,12-13,15H,7-9H2,1-2H3,(H,16,17). The van der Waals surface area contributed by atoms with Crippen LogP contribution in [0.1, 0.15) is 12.0 Å². The third-order valence-electron chi connectivity index (χ3n) is 3.37. The van der Waals surface area contributed by atoms with E-state index in [0.29, 0.717) is 6.54 Å². The van der Waals surface area contributed by atoms with Crippen LogP contribution in [0.25, 0.3) is 0 Å². The number of methoxy groups -OCH3 is 2. The fourth-order valence-electron chi connectivity index (χ4n) is 2.14. The Morgan fingerprint density at radius 2 is 2.11 bits per heavy atom. The summed E-state index contributed by atoms with van der Waals surface area (Å²) in [7, 11) is 3.30. The Bertz CT molecular complexity index is 419. The lowest BCUT2D eigenvalue weighted by Gasteiger charge is -2.11. The van der Waals surface area contributed by atoms with Crippen LogP contribution in [-0.2, 0) is 16.1 Å². The maximum atomic E-state index is 11.9. The van der Waals surface area contributed by atoms with Crippen molar-refractivity contribution in [3.8, 4) is 5.75 Å². The van der Waals surface area contributed by atoms with Crippen LogP contribution < -0.4 is 15.4 Å². The van der Waals surface area contributed by atoms with E-state index in [-0.39, 0.29) is 18.1 Å². The van der Waals surface area contributed by atoms with Gasteiger partial charge in [-0.1, -0.05) is 12.1 Å². The minimum absolute atomic E-state index is 0.0235. The highest BCUT2D eigenvalue weighted by molar-refractivity contribution is 5.82. The third kappa shape index (κ3) is 3.68. The molecular formula is C14H20N2O3. The van der Waals surface area contributed by atoms with Crippen LogP contribution in [0.5, 0.6) is 5.75 Å². The zero-order valence-electron chi connectivity index (χ0n) is 11.3. The number of carbonyl (C=O) groups excluding carboxylic acids is 1. The normalized spacial score (nSPS) is 22.2. The van der Waals surface area contributed by atoms with E-state index in [1.165, 1.54) is 0 Å². The summed E-state index contributed by atoms with van der Waals surface area (Å²) in [4.78, 5) is 11.9. The number of amides is 1. The largest absolute Gasteiger partial charge is 0.497 e. The van der Waals surface area contributed by atoms with Crippen LogP contribution >= 0.6 is 0 Å². The number of hydrogen-bond acceptors (Lipinski definition) is 4. The molecule has 1 amide bonds. The molecule has 0 spiro atoms. The first kappa shape index (κ1) is 13.8. The molecule has 2 atom stereocenters. The van der Waals surface area contributed by atoms with Crippen LogP contribution in [0.2, 0.25) is 0 Å². The fraction of sp³-hybridized carbons (Fsp3) is 0.500. The summed E-state index contributed by atoms with van der Waals surface area (Å²) >= 11 is 0. The number of hydrogen-bond donors (Lipinski definition) is 2. The third-order valence-corrected chi connectivity index (χ3v) is 3.37. The van der Waals surface area contributed by atoms with Crippen molar-refractivity contribution in [2.75, 3.05) is 20.8 Å². The van der Waals surface area contributed by atoms with Crippen molar-refractivity contribution in [1.29, 1.82) is 0 Å². The van der Waals surface area contributed by atoms with Gasteiger partial charge in [-0.2, -0.15) is 0 Å². The molecule has 0 aliphatic carbocycles. The Kier molecular flexibility index (Phi) is 4.76. The molecule has 2 N–H and O–H groups in total. The molecule has 1 aromatic rings. The molecule has 0 radical (unpaired) electrons. The maximum absolute atomic E-state index is 11.9. The zero-order chi connectivity index (χ0) is 13.7. The minimum atomic E-state index is -0.150. The summed E-state index contributed by atoms with van der Waals surface area (Å²) in [6.07, 6.45) is 0.863. The zero-order valence-corrected chi connectivity index (χ0v) is 11.3. The molecule has 1 fully saturated rings. The first-order valence-electron chi connectivity index (χ1n) is 6.39. The Hall–Kier alpha value is -1.59. The second-order valence-electron chi connectivity index (χ2n) is 4.62. The number of rotatable bonds is 5. The average Bonchev–Trinajstić information content (AvgIpc) is 2.94. The lowest BCUT2D eigenvalue weighted by molar-refractivity contribution is -0.123. The topological polar surface area (TPSA) is 59.6 Å². The van der Waals surface area contributed by atoms with Crippen LogP contribution in [0, 0.1) is 0 Å². The number of ether oxygens (including phenoxy) is 2. The number of benzene rings is 1. The molecule has 0 saturated carbocycles. The first-order valence-corrected chi connectivity index (χ1v) is 6.39. The fourth-order valence-corrected chi connectivity index (χ4v) is 2.14. The van der Waals surface area contributed by atoms with Crippen molar-refractivity contribution < 1.29 is 14.3 Å². The average molecular weight is 264 g/mol. The van der Waals surface area contributed by atoms with E-state index in [0.717, 1.165) is 24.3 Å². The van der Waals surface area contributed by atoms with Crippen LogP contribution in [0.4, 0.5) is 0 Å². The van der Waals surface area contributed by atoms with Gasteiger partial charge in [0.15, 0.2) is 0 Å². The Labute approximate surface area is 113 Å². The number of carbonyl (C=O) groups is 1. The smallest absolute Gasteiger partial charge is 0.237 e. The predicted octanol–water partition coefficient (Wildman–Crippen LogP) is 0.688. The van der Waals surface area contributed by atoms with E-state index in [9.17, 15) is 4.79 Å². The van der Waals surface area contributed by atoms with Gasteiger partial charge in [0.1, 0.15) is 5.75 Å². The molecule has 19 heavy (non-hydrogen) atoms. The number of nitrogens with one attached hydrogen (secondary N) is 2. The van der Waals surface area contributed by atoms with E-state index < -0.39 is 0 Å². The quantitative estimate of drug-likeness (QED) is 0.821. The van der Waals surface area contributed by atoms with Gasteiger partial charge < -0.3 is 20.1 Å². The SMILES string of the molecule is COc1ccc(CNC(=O)C2CC(OC)CN2)cc1. The van der Waals surface area contributed by atoms with E-state index in [4.69, 9.17) is 9.47 Å². The molecule has 2 rings (SSSR count). The summed E-state index contributed by atoms with van der Waals surface area (Å²) in [5.74, 6) is 0.839. The van der Waals surface area contributed by atoms with Gasteiger partial charge in [0.05, 0.1) is 19.3 Å². The molecule has 104 valence electrons. The molecule has 1 saturated heterocycles. The second-order valence-corrected chi connectivity index (χ2v) is 4.62. The van der Waals surface area contributed by atoms with Crippen LogP contribution in [0.15, 0.2) is 24.3 Å². The van der Waals surface area contributed by atoms with Gasteiger partial charge in [-0.05, 0) is 24.1 Å². The summed E-state index contributed by atoms with van der Waals surface area (Å²) in [6, 6.07) is 7.51. The van der Waals surface area contributed by atoms with Gasteiger partial charge in [0, 0.05) is 20.2 Å². The van der Waals surface area contributed by atoms with E-state index in [2.05, 4.69) is 10.6 Å². The van der Waals surface area contributed by atoms with Gasteiger partial charge in [-0.25, -0.2) is 0 Å². The maximum Gasteiger partial charge on any atom is 0.237 e. The van der Waals surface area contributed by atoms with Gasteiger partial charge in [0.25, 0.3) is 0 Å². The highest BCUT2D eigenvalue weighted by Crippen LogP contribution is 2.12. The summed E-state index contributed by atoms with van der Waals surface area (Å²) in [5.41, 5.74) is 1.05. The van der Waals surface area contributed by atoms with E-state index in [1.54, 1.807) is 14.2 Å². The van der Waals surface area contributed by atoms with Gasteiger partial charge in [-0.3, -0.25) is 4.79 Å². The van der Waals surface area contributed by atoms with Crippen molar-refractivity contribution in [2.45, 2.75) is 25.1 Å². The lowest BCUT2D eigenvalue weighted by Crippen LogP contribution is -2.39. The Balaban J connectivity index is 1.80. The molecule has 1 aliphatic heterocycles. The second kappa shape index (κ2) is 6.54. The van der Waals surface area contributed by atoms with Gasteiger partial charge in [-0.15, -0.1) is 0 Å². The molecule has 1 aliphatic rings. The monoisotopic (exact) mass is 264 g/mol. The minimum Gasteiger partial charge on any atom is -0.497 e. The molecule has 5 nitrogen and oxygen atoms in total. The summed E-state index contributed by atoms with van der Waals surface area (Å²) < 4.78 is 10.3. The highest BCUT2D eigenvalue weighted by Gasteiger charge is 2.28. The van der Waals surface area contributed by atoms with Crippen molar-refractivity contribution in [3.63, 3.8) is 0 Å². The predicted molar refractivity (Wildman–Crippen MR) is 72.0 cm³/mol. The lowest BCUT2D eigenvalue weighted by atomic mass is 10.1. The molecule has 0 aromatic heterocycles. The Morgan fingerprint density at radius 3 is 2.68 bits per heavy atom. The van der Waals surface area contributed by atoms with Crippen molar-refractivity contribution in [1.82, 2.24) is 10.6 Å². The van der Waals surface area contributed by atoms with Crippen LogP contribution in [-0.4, -0.2) is 38.8 Å². The molecular weight excluding hydrogens is 244 g/mol. The summed E-state index contributed by atoms with van der Waals surface area (Å²) in [5, 5.41) is 6.08. The van der Waals surface area contributed by atoms with Crippen molar-refractivity contribution in [2.24, 2.45) is 0 Å². The van der Waals surface area contributed by atoms with Crippen molar-refractivity contribution >= 4 is 5.91 Å². The molecule has 0 bridgehead atoms. The molecule has 1 heterocycles. The van der Waals surface area contributed by atoms with Gasteiger partial charge >= 0.3 is 0 Å². The molecule has 1 aromatic carbocycles. The highest BCUT2D eigenvalue weighted by atomic mass is 16.5. The molecule has 2 unspecified atom stereocenters. The Morgan fingerprint density at radius 1 is 1.37 bits per heavy atom.